The molecule has 4 heterocycles. The van der Waals surface area contributed by atoms with Crippen molar-refractivity contribution in [2.24, 2.45) is 0 Å². The molecule has 6 nitrogen and oxygen atoms in total. The van der Waals surface area contributed by atoms with Crippen molar-refractivity contribution >= 4 is 17.1 Å². The van der Waals surface area contributed by atoms with Crippen LogP contribution in [0.3, 0.4) is 0 Å². The summed E-state index contributed by atoms with van der Waals surface area (Å²) in [7, 11) is 0. The normalized spacial score (nSPS) is 14.2. The van der Waals surface area contributed by atoms with Gasteiger partial charge >= 0.3 is 0 Å². The van der Waals surface area contributed by atoms with Crippen molar-refractivity contribution in [3.63, 3.8) is 0 Å². The van der Waals surface area contributed by atoms with Gasteiger partial charge in [0.1, 0.15) is 0 Å². The smallest absolute Gasteiger partial charge is 0.237 e. The summed E-state index contributed by atoms with van der Waals surface area (Å²) in [6.07, 6.45) is 10.2. The first-order chi connectivity index (χ1) is 16.1. The molecule has 34 heavy (non-hydrogen) atoms. The van der Waals surface area contributed by atoms with E-state index in [1.54, 1.807) is 0 Å². The van der Waals surface area contributed by atoms with Gasteiger partial charge in [0.05, 0.1) is 40.1 Å². The van der Waals surface area contributed by atoms with Gasteiger partial charge < -0.3 is 12.4 Å². The Kier molecular flexibility index (Phi) is 7.63. The third-order valence-corrected chi connectivity index (χ3v) is 7.31. The highest BCUT2D eigenvalue weighted by molar-refractivity contribution is 7.12. The number of halogens is 1. The van der Waals surface area contributed by atoms with Crippen molar-refractivity contribution in [2.45, 2.75) is 65.1 Å². The lowest BCUT2D eigenvalue weighted by Crippen LogP contribution is -3.00. The number of thiophene rings is 1. The topological polar surface area (TPSA) is 56.6 Å². The molecular weight excluding hydrogens is 466 g/mol. The second kappa shape index (κ2) is 10.7. The molecule has 1 aliphatic rings. The van der Waals surface area contributed by atoms with Crippen molar-refractivity contribution < 1.29 is 21.8 Å². The van der Waals surface area contributed by atoms with E-state index in [2.05, 4.69) is 41.1 Å². The highest BCUT2D eigenvalue weighted by atomic mass is 35.5. The van der Waals surface area contributed by atoms with Gasteiger partial charge in [-0.15, -0.1) is 11.3 Å². The van der Waals surface area contributed by atoms with Gasteiger partial charge in [0.25, 0.3) is 0 Å². The molecule has 0 bridgehead atoms. The van der Waals surface area contributed by atoms with Crippen LogP contribution in [-0.2, 0) is 13.1 Å². The third-order valence-electron chi connectivity index (χ3n) is 6.40. The molecule has 0 saturated heterocycles. The Morgan fingerprint density at radius 1 is 1.12 bits per heavy atom. The zero-order chi connectivity index (χ0) is 22.8. The number of pyridine rings is 1. The Labute approximate surface area is 210 Å². The van der Waals surface area contributed by atoms with E-state index < -0.39 is 0 Å². The third kappa shape index (κ3) is 5.31. The van der Waals surface area contributed by atoms with Crippen molar-refractivity contribution in [3.05, 3.63) is 76.1 Å². The number of rotatable bonds is 7. The first kappa shape index (κ1) is 24.4. The standard InChI is InChI=1S/C26H30N5OS.ClH/c1-19-14-20(2)30(27-19)17-22-15-24(31(28-22)23-9-4-3-5-10-23)21-8-6-12-29(16-21)18-25(32)26-11-7-13-33-26;/h6-8,11-16,23H,3-5,9-10,17-18H2,1-2H3;1H/q+1;/p-1. The van der Waals surface area contributed by atoms with Crippen LogP contribution in [0.4, 0.5) is 0 Å². The zero-order valence-corrected chi connectivity index (χ0v) is 21.2. The minimum absolute atomic E-state index is 0. The predicted octanol–water partition coefficient (Wildman–Crippen LogP) is 2.15. The van der Waals surface area contributed by atoms with Crippen LogP contribution in [0.1, 0.15) is 64.9 Å². The average molecular weight is 496 g/mol. The van der Waals surface area contributed by atoms with Gasteiger partial charge in [-0.05, 0) is 56.3 Å². The fourth-order valence-corrected chi connectivity index (χ4v) is 5.44. The zero-order valence-electron chi connectivity index (χ0n) is 19.7. The molecule has 5 rings (SSSR count). The van der Waals surface area contributed by atoms with E-state index in [1.165, 1.54) is 30.6 Å². The lowest BCUT2D eigenvalue weighted by Gasteiger charge is -2.23. The predicted molar refractivity (Wildman–Crippen MR) is 129 cm³/mol. The second-order valence-electron chi connectivity index (χ2n) is 9.01. The second-order valence-corrected chi connectivity index (χ2v) is 9.96. The highest BCUT2D eigenvalue weighted by Crippen LogP contribution is 2.32. The van der Waals surface area contributed by atoms with Crippen LogP contribution in [0.2, 0.25) is 0 Å². The van der Waals surface area contributed by atoms with Crippen molar-refractivity contribution in [3.8, 4) is 11.3 Å². The van der Waals surface area contributed by atoms with E-state index in [-0.39, 0.29) is 18.2 Å². The van der Waals surface area contributed by atoms with Crippen LogP contribution in [0.15, 0.2) is 54.2 Å². The summed E-state index contributed by atoms with van der Waals surface area (Å²) in [6.45, 7) is 5.11. The number of carbonyl (C=O) groups excluding carboxylic acids is 1. The summed E-state index contributed by atoms with van der Waals surface area (Å²) >= 11 is 1.49. The van der Waals surface area contributed by atoms with Crippen molar-refractivity contribution in [1.82, 2.24) is 19.6 Å². The van der Waals surface area contributed by atoms with Gasteiger partial charge in [-0.1, -0.05) is 25.3 Å². The van der Waals surface area contributed by atoms with Gasteiger partial charge in [0.15, 0.2) is 12.4 Å². The quantitative estimate of drug-likeness (QED) is 0.291. The number of ketones is 1. The molecule has 0 aliphatic heterocycles. The summed E-state index contributed by atoms with van der Waals surface area (Å²) in [6, 6.07) is 12.7. The van der Waals surface area contributed by atoms with E-state index in [4.69, 9.17) is 5.10 Å². The number of hydrogen-bond acceptors (Lipinski definition) is 4. The lowest BCUT2D eigenvalue weighted by atomic mass is 9.95. The maximum absolute atomic E-state index is 12.6. The van der Waals surface area contributed by atoms with Crippen LogP contribution in [-0.4, -0.2) is 25.3 Å². The molecule has 178 valence electrons. The van der Waals surface area contributed by atoms with E-state index in [0.29, 0.717) is 19.1 Å². The minimum Gasteiger partial charge on any atom is -1.00 e. The molecule has 8 heteroatoms. The van der Waals surface area contributed by atoms with E-state index >= 15 is 0 Å². The van der Waals surface area contributed by atoms with Gasteiger partial charge in [-0.3, -0.25) is 14.2 Å². The van der Waals surface area contributed by atoms with E-state index in [1.807, 2.05) is 45.9 Å². The van der Waals surface area contributed by atoms with Crippen LogP contribution in [0.5, 0.6) is 0 Å². The fourth-order valence-electron chi connectivity index (χ4n) is 4.78. The molecule has 1 aliphatic carbocycles. The number of carbonyl (C=O) groups is 1. The number of aromatic nitrogens is 5. The van der Waals surface area contributed by atoms with Gasteiger partial charge in [0, 0.05) is 11.8 Å². The van der Waals surface area contributed by atoms with Crippen LogP contribution >= 0.6 is 11.3 Å². The summed E-state index contributed by atoms with van der Waals surface area (Å²) in [5.41, 5.74) is 5.40. The maximum atomic E-state index is 12.6. The van der Waals surface area contributed by atoms with E-state index in [9.17, 15) is 4.79 Å². The Morgan fingerprint density at radius 2 is 1.94 bits per heavy atom. The van der Waals surface area contributed by atoms with Gasteiger partial charge in [0.2, 0.25) is 12.3 Å². The minimum atomic E-state index is 0. The Balaban J connectivity index is 0.00000274. The van der Waals surface area contributed by atoms with Crippen LogP contribution < -0.4 is 17.0 Å². The molecule has 0 aromatic carbocycles. The Bertz CT molecular complexity index is 1250. The van der Waals surface area contributed by atoms with E-state index in [0.717, 1.165) is 46.1 Å². The average Bonchev–Trinajstić information content (AvgIpc) is 3.56. The van der Waals surface area contributed by atoms with Crippen LogP contribution in [0.25, 0.3) is 11.3 Å². The fraction of sp³-hybridized carbons (Fsp3) is 0.385. The first-order valence-electron chi connectivity index (χ1n) is 11.7. The molecule has 1 fully saturated rings. The molecule has 0 unspecified atom stereocenters. The SMILES string of the molecule is Cc1cc(C)n(Cc2cc(-c3ccc[n+](CC(=O)c4cccs4)c3)n(C3CCCCC3)n2)n1.[Cl-]. The maximum Gasteiger partial charge on any atom is 0.237 e. The molecule has 0 atom stereocenters. The highest BCUT2D eigenvalue weighted by Gasteiger charge is 2.23. The molecule has 0 spiro atoms. The Morgan fingerprint density at radius 3 is 2.65 bits per heavy atom. The number of Topliss-reactive ketones (excluding diaryl/α,β-unsaturated/α-hetero) is 1. The molecular formula is C26H30ClN5OS. The largest absolute Gasteiger partial charge is 1.00 e. The van der Waals surface area contributed by atoms with Crippen molar-refractivity contribution in [2.75, 3.05) is 0 Å². The molecule has 4 aromatic rings. The summed E-state index contributed by atoms with van der Waals surface area (Å²) in [4.78, 5) is 13.4. The van der Waals surface area contributed by atoms with Gasteiger partial charge in [-0.25, -0.2) is 0 Å². The summed E-state index contributed by atoms with van der Waals surface area (Å²) in [5, 5.41) is 11.6. The summed E-state index contributed by atoms with van der Waals surface area (Å²) < 4.78 is 6.24. The van der Waals surface area contributed by atoms with Gasteiger partial charge in [-0.2, -0.15) is 14.8 Å². The molecule has 0 radical (unpaired) electrons. The lowest BCUT2D eigenvalue weighted by molar-refractivity contribution is -0.682. The number of hydrogen-bond donors (Lipinski definition) is 0. The number of aryl methyl sites for hydroxylation is 2. The van der Waals surface area contributed by atoms with Crippen LogP contribution in [0, 0.1) is 13.8 Å². The molecule has 0 N–H and O–H groups in total. The molecule has 1 saturated carbocycles. The number of nitrogens with zero attached hydrogens (tertiary/aromatic N) is 5. The Hall–Kier alpha value is -2.77. The molecule has 0 amide bonds. The first-order valence-corrected chi connectivity index (χ1v) is 12.6. The summed E-state index contributed by atoms with van der Waals surface area (Å²) in [5.74, 6) is 0.137. The molecule has 4 aromatic heterocycles. The van der Waals surface area contributed by atoms with Crippen molar-refractivity contribution in [1.29, 1.82) is 0 Å². The monoisotopic (exact) mass is 495 g/mol.